The second-order valence-corrected chi connectivity index (χ2v) is 12.5. The molecule has 1 spiro atoms. The first-order valence-electron chi connectivity index (χ1n) is 13.4. The van der Waals surface area contributed by atoms with Gasteiger partial charge in [-0.1, -0.05) is 42.1 Å². The number of amides is 1. The molecule has 1 heterocycles. The van der Waals surface area contributed by atoms with Gasteiger partial charge in [-0.2, -0.15) is 18.3 Å². The molecular formula is C28H30Cl2F3N3O4. The van der Waals surface area contributed by atoms with Crippen molar-refractivity contribution in [2.24, 2.45) is 10.8 Å². The molecule has 40 heavy (non-hydrogen) atoms. The van der Waals surface area contributed by atoms with Crippen LogP contribution in [0.25, 0.3) is 0 Å². The number of rotatable bonds is 7. The van der Waals surface area contributed by atoms with Crippen LogP contribution in [0.4, 0.5) is 13.2 Å². The molecule has 3 fully saturated rings. The Morgan fingerprint density at radius 2 is 1.70 bits per heavy atom. The van der Waals surface area contributed by atoms with Gasteiger partial charge in [0.05, 0.1) is 45.4 Å². The number of hydrogen-bond acceptors (Lipinski definition) is 4. The van der Waals surface area contributed by atoms with Gasteiger partial charge < -0.3 is 10.0 Å². The number of ketones is 1. The fourth-order valence-electron chi connectivity index (χ4n) is 6.64. The molecule has 5 rings (SSSR count). The normalized spacial score (nSPS) is 25.6. The summed E-state index contributed by atoms with van der Waals surface area (Å²) in [6, 6.07) is 3.49. The molecule has 7 nitrogen and oxygen atoms in total. The Labute approximate surface area is 239 Å². The summed E-state index contributed by atoms with van der Waals surface area (Å²) in [5.74, 6) is -2.44. The lowest BCUT2D eigenvalue weighted by molar-refractivity contribution is -0.152. The number of carboxylic acids is 1. The topological polar surface area (TPSA) is 92.5 Å². The summed E-state index contributed by atoms with van der Waals surface area (Å²) in [6.45, 7) is 1.13. The largest absolute Gasteiger partial charge is 0.481 e. The maximum atomic E-state index is 14.5. The number of nitrogens with zero attached hydrogens (tertiary/aromatic N) is 3. The predicted octanol–water partition coefficient (Wildman–Crippen LogP) is 7.07. The average Bonchev–Trinajstić information content (AvgIpc) is 3.19. The number of carboxylic acid groups (broad SMARTS) is 1. The SMILES string of the molecule is CC1(C(=O)O)CCC(n2ncc(C(=O)N(CC(=O)c3c(Cl)cccc3Cl)[C@H]3CC34CCCC4)c2C(F)(F)F)CC1. The highest BCUT2D eigenvalue weighted by atomic mass is 35.5. The van der Waals surface area contributed by atoms with Gasteiger partial charge in [-0.15, -0.1) is 0 Å². The summed E-state index contributed by atoms with van der Waals surface area (Å²) in [4.78, 5) is 40.2. The number of benzene rings is 1. The number of carbonyl (C=O) groups is 3. The van der Waals surface area contributed by atoms with E-state index in [2.05, 4.69) is 5.10 Å². The quantitative estimate of drug-likeness (QED) is 0.343. The van der Waals surface area contributed by atoms with Gasteiger partial charge in [0.25, 0.3) is 5.91 Å². The molecule has 12 heteroatoms. The molecular weight excluding hydrogens is 570 g/mol. The third-order valence-electron chi connectivity index (χ3n) is 9.15. The number of hydrogen-bond donors (Lipinski definition) is 1. The van der Waals surface area contributed by atoms with Crippen LogP contribution in [0.5, 0.6) is 0 Å². The van der Waals surface area contributed by atoms with Crippen molar-refractivity contribution in [3.8, 4) is 0 Å². The summed E-state index contributed by atoms with van der Waals surface area (Å²) in [7, 11) is 0. The monoisotopic (exact) mass is 599 g/mol. The molecule has 2 aromatic rings. The number of halogens is 5. The lowest BCUT2D eigenvalue weighted by Crippen LogP contribution is -2.40. The molecule has 3 saturated carbocycles. The lowest BCUT2D eigenvalue weighted by Gasteiger charge is -2.34. The van der Waals surface area contributed by atoms with Crippen LogP contribution in [0.3, 0.4) is 0 Å². The van der Waals surface area contributed by atoms with E-state index in [0.717, 1.165) is 36.6 Å². The summed E-state index contributed by atoms with van der Waals surface area (Å²) in [6.07, 6.45) is 1.02. The first-order chi connectivity index (χ1) is 18.8. The van der Waals surface area contributed by atoms with Gasteiger partial charge in [0.2, 0.25) is 0 Å². The highest BCUT2D eigenvalue weighted by Gasteiger charge is 2.59. The van der Waals surface area contributed by atoms with E-state index in [9.17, 15) is 32.7 Å². The van der Waals surface area contributed by atoms with E-state index in [4.69, 9.17) is 23.2 Å². The minimum atomic E-state index is -4.90. The van der Waals surface area contributed by atoms with E-state index >= 15 is 0 Å². The Morgan fingerprint density at radius 1 is 1.10 bits per heavy atom. The van der Waals surface area contributed by atoms with Crippen molar-refractivity contribution in [3.63, 3.8) is 0 Å². The zero-order chi connectivity index (χ0) is 29.0. The standard InChI is InChI=1S/C28H30Cl2F3N3O4/c1-26(25(39)40)11-7-16(8-12-26)36-23(28(31,32)33)17(14-34-36)24(38)35(21-13-27(21)9-2-3-10-27)15-20(37)22-18(29)5-4-6-19(22)30/h4-6,14,16,21H,2-3,7-13,15H2,1H3,(H,39,40)/t16?,21-,26?/m0/s1. The van der Waals surface area contributed by atoms with E-state index in [0.29, 0.717) is 6.42 Å². The number of Topliss-reactive ketones (excluding diaryl/α,β-unsaturated/α-hetero) is 1. The second kappa shape index (κ2) is 10.4. The van der Waals surface area contributed by atoms with Crippen molar-refractivity contribution in [2.45, 2.75) is 83.0 Å². The van der Waals surface area contributed by atoms with Crippen LogP contribution in [0.1, 0.15) is 97.2 Å². The summed E-state index contributed by atoms with van der Waals surface area (Å²) in [5, 5.41) is 13.7. The van der Waals surface area contributed by atoms with E-state index in [1.54, 1.807) is 13.0 Å². The Balaban J connectivity index is 1.48. The zero-order valence-corrected chi connectivity index (χ0v) is 23.5. The Bertz CT molecular complexity index is 1320. The van der Waals surface area contributed by atoms with Gasteiger partial charge in [-0.05, 0) is 69.4 Å². The summed E-state index contributed by atoms with van der Waals surface area (Å²) in [5.41, 5.74) is -2.97. The van der Waals surface area contributed by atoms with Gasteiger partial charge in [-0.3, -0.25) is 19.1 Å². The van der Waals surface area contributed by atoms with Crippen molar-refractivity contribution < 1.29 is 32.7 Å². The molecule has 1 aromatic heterocycles. The van der Waals surface area contributed by atoms with Crippen LogP contribution in [0.2, 0.25) is 10.0 Å². The summed E-state index contributed by atoms with van der Waals surface area (Å²) >= 11 is 12.5. The van der Waals surface area contributed by atoms with Crippen LogP contribution < -0.4 is 0 Å². The maximum absolute atomic E-state index is 14.5. The van der Waals surface area contributed by atoms with Crippen molar-refractivity contribution in [2.75, 3.05) is 6.54 Å². The Kier molecular flexibility index (Phi) is 7.48. The van der Waals surface area contributed by atoms with Crippen molar-refractivity contribution in [1.29, 1.82) is 0 Å². The van der Waals surface area contributed by atoms with Gasteiger partial charge >= 0.3 is 12.1 Å². The maximum Gasteiger partial charge on any atom is 0.433 e. The molecule has 3 aliphatic carbocycles. The molecule has 1 aromatic carbocycles. The first-order valence-corrected chi connectivity index (χ1v) is 14.2. The van der Waals surface area contributed by atoms with E-state index in [1.165, 1.54) is 17.0 Å². The molecule has 0 saturated heterocycles. The first kappa shape index (κ1) is 28.9. The van der Waals surface area contributed by atoms with E-state index in [1.807, 2.05) is 0 Å². The lowest BCUT2D eigenvalue weighted by atomic mass is 9.74. The molecule has 0 bridgehead atoms. The highest BCUT2D eigenvalue weighted by Crippen LogP contribution is 2.60. The van der Waals surface area contributed by atoms with Crippen LogP contribution in [-0.4, -0.2) is 50.0 Å². The van der Waals surface area contributed by atoms with Crippen molar-refractivity contribution in [3.05, 3.63) is 51.3 Å². The van der Waals surface area contributed by atoms with Crippen LogP contribution in [0.15, 0.2) is 24.4 Å². The van der Waals surface area contributed by atoms with Crippen LogP contribution in [0, 0.1) is 10.8 Å². The highest BCUT2D eigenvalue weighted by molar-refractivity contribution is 6.40. The molecule has 1 amide bonds. The molecule has 1 atom stereocenters. The number of aliphatic carboxylic acids is 1. The molecule has 216 valence electrons. The second-order valence-electron chi connectivity index (χ2n) is 11.7. The van der Waals surface area contributed by atoms with Gasteiger partial charge in [0, 0.05) is 6.04 Å². The third-order valence-corrected chi connectivity index (χ3v) is 9.78. The van der Waals surface area contributed by atoms with Crippen LogP contribution in [-0.2, 0) is 11.0 Å². The van der Waals surface area contributed by atoms with Crippen molar-refractivity contribution in [1.82, 2.24) is 14.7 Å². The average molecular weight is 600 g/mol. The van der Waals surface area contributed by atoms with E-state index in [-0.39, 0.29) is 52.7 Å². The van der Waals surface area contributed by atoms with Gasteiger partial charge in [-0.25, -0.2) is 0 Å². The minimum Gasteiger partial charge on any atom is -0.481 e. The number of carbonyl (C=O) groups excluding carboxylic acids is 2. The molecule has 1 N–H and O–H groups in total. The Hall–Kier alpha value is -2.59. The fourth-order valence-corrected chi connectivity index (χ4v) is 7.24. The van der Waals surface area contributed by atoms with Gasteiger partial charge in [0.1, 0.15) is 0 Å². The zero-order valence-electron chi connectivity index (χ0n) is 21.9. The molecule has 0 unspecified atom stereocenters. The molecule has 0 radical (unpaired) electrons. The summed E-state index contributed by atoms with van der Waals surface area (Å²) < 4.78 is 44.4. The predicted molar refractivity (Wildman–Crippen MR) is 142 cm³/mol. The number of alkyl halides is 3. The smallest absolute Gasteiger partial charge is 0.433 e. The minimum absolute atomic E-state index is 0.0279. The molecule has 3 aliphatic rings. The molecule has 0 aliphatic heterocycles. The van der Waals surface area contributed by atoms with Crippen molar-refractivity contribution >= 4 is 40.9 Å². The van der Waals surface area contributed by atoms with E-state index < -0.39 is 53.1 Å². The number of aromatic nitrogens is 2. The Morgan fingerprint density at radius 3 is 2.25 bits per heavy atom. The van der Waals surface area contributed by atoms with Gasteiger partial charge in [0.15, 0.2) is 11.5 Å². The third kappa shape index (κ3) is 5.13. The van der Waals surface area contributed by atoms with Crippen LogP contribution >= 0.6 is 23.2 Å². The fraction of sp³-hybridized carbons (Fsp3) is 0.571.